The Morgan fingerprint density at radius 1 is 1.11 bits per heavy atom. The van der Waals surface area contributed by atoms with Crippen LogP contribution < -0.4 is 26.3 Å². The molecule has 12 nitrogen and oxygen atoms in total. The summed E-state index contributed by atoms with van der Waals surface area (Å²) in [5.74, 6) is -1.47. The van der Waals surface area contributed by atoms with Crippen LogP contribution >= 0.6 is 11.8 Å². The third-order valence-electron chi connectivity index (χ3n) is 9.53. The molecular formula is C32H43FN6O6S. The molecule has 0 radical (unpaired) electrons. The summed E-state index contributed by atoms with van der Waals surface area (Å²) in [6.45, 7) is 7.53. The molecule has 250 valence electrons. The molecule has 0 bridgehead atoms. The second-order valence-corrected chi connectivity index (χ2v) is 13.7. The van der Waals surface area contributed by atoms with E-state index in [0.29, 0.717) is 62.8 Å². The summed E-state index contributed by atoms with van der Waals surface area (Å²) in [6.07, 6.45) is 4.78. The van der Waals surface area contributed by atoms with Crippen molar-refractivity contribution < 1.29 is 28.7 Å². The van der Waals surface area contributed by atoms with E-state index in [1.165, 1.54) is 6.20 Å². The Balaban J connectivity index is 1.17. The van der Waals surface area contributed by atoms with Gasteiger partial charge in [0.1, 0.15) is 17.4 Å². The van der Waals surface area contributed by atoms with Gasteiger partial charge in [0.15, 0.2) is 0 Å². The predicted octanol–water partition coefficient (Wildman–Crippen LogP) is 2.76. The lowest BCUT2D eigenvalue weighted by molar-refractivity contribution is -0.138. The number of halogens is 1. The van der Waals surface area contributed by atoms with E-state index in [-0.39, 0.29) is 46.9 Å². The summed E-state index contributed by atoms with van der Waals surface area (Å²) >= 11 is 1.85. The number of urea groups is 1. The van der Waals surface area contributed by atoms with Gasteiger partial charge in [0.05, 0.1) is 23.3 Å². The first-order chi connectivity index (χ1) is 22.0. The second-order valence-electron chi connectivity index (χ2n) is 12.4. The lowest BCUT2D eigenvalue weighted by Gasteiger charge is -2.38. The minimum absolute atomic E-state index is 0.00891. The molecule has 3 aliphatic rings. The zero-order chi connectivity index (χ0) is 33.1. The number of carbonyl (C=O) groups excluding carboxylic acids is 3. The number of hydrogen-bond acceptors (Lipinski definition) is 7. The number of aryl methyl sites for hydroxylation is 1. The van der Waals surface area contributed by atoms with Gasteiger partial charge in [0.2, 0.25) is 17.2 Å². The number of benzene rings is 1. The highest BCUT2D eigenvalue weighted by atomic mass is 32.2. The Labute approximate surface area is 271 Å². The van der Waals surface area contributed by atoms with Crippen molar-refractivity contribution in [2.45, 2.75) is 82.8 Å². The lowest BCUT2D eigenvalue weighted by Crippen LogP contribution is -2.56. The van der Waals surface area contributed by atoms with Crippen molar-refractivity contribution in [3.8, 4) is 0 Å². The molecule has 4 N–H and O–H groups in total. The van der Waals surface area contributed by atoms with Crippen molar-refractivity contribution in [3.63, 3.8) is 0 Å². The summed E-state index contributed by atoms with van der Waals surface area (Å²) in [7, 11) is 0. The summed E-state index contributed by atoms with van der Waals surface area (Å²) in [5, 5.41) is 18.7. The Morgan fingerprint density at radius 3 is 2.52 bits per heavy atom. The number of hydrogen-bond donors (Lipinski definition) is 4. The zero-order valence-corrected chi connectivity index (χ0v) is 27.3. The molecule has 0 spiro atoms. The van der Waals surface area contributed by atoms with Crippen LogP contribution in [0.2, 0.25) is 0 Å². The van der Waals surface area contributed by atoms with Gasteiger partial charge in [-0.15, -0.1) is 0 Å². The van der Waals surface area contributed by atoms with Gasteiger partial charge in [-0.25, -0.2) is 14.0 Å². The minimum Gasteiger partial charge on any atom is -0.477 e. The molecule has 1 aromatic carbocycles. The first kappa shape index (κ1) is 33.6. The average Bonchev–Trinajstić information content (AvgIpc) is 3.60. The fraction of sp³-hybridized carbons (Fsp3) is 0.594. The maximum absolute atomic E-state index is 15.3. The van der Waals surface area contributed by atoms with Crippen molar-refractivity contribution >= 4 is 52.2 Å². The number of nitrogens with zero attached hydrogens (tertiary/aromatic N) is 3. The summed E-state index contributed by atoms with van der Waals surface area (Å²) in [5.41, 5.74) is -0.404. The zero-order valence-electron chi connectivity index (χ0n) is 26.5. The number of fused-ring (bicyclic) bond motifs is 2. The number of unbranched alkanes of at least 4 members (excludes halogenated alkanes) is 1. The topological polar surface area (TPSA) is 153 Å². The molecule has 0 aliphatic carbocycles. The van der Waals surface area contributed by atoms with Gasteiger partial charge in [0, 0.05) is 61.7 Å². The van der Waals surface area contributed by atoms with Gasteiger partial charge in [-0.2, -0.15) is 11.8 Å². The fourth-order valence-electron chi connectivity index (χ4n) is 6.62. The van der Waals surface area contributed by atoms with Crippen LogP contribution in [-0.4, -0.2) is 93.7 Å². The number of nitrogens with one attached hydrogen (secondary N) is 3. The van der Waals surface area contributed by atoms with Crippen LogP contribution in [0.25, 0.3) is 10.9 Å². The molecule has 1 aromatic heterocycles. The van der Waals surface area contributed by atoms with Crippen LogP contribution in [0.1, 0.15) is 63.2 Å². The van der Waals surface area contributed by atoms with Crippen LogP contribution in [0.15, 0.2) is 23.1 Å². The summed E-state index contributed by atoms with van der Waals surface area (Å²) in [6, 6.07) is 2.23. The number of aromatic nitrogens is 1. The highest BCUT2D eigenvalue weighted by Crippen LogP contribution is 2.33. The third-order valence-corrected chi connectivity index (χ3v) is 11.0. The molecule has 5 atom stereocenters. The number of pyridine rings is 1. The van der Waals surface area contributed by atoms with Gasteiger partial charge in [-0.1, -0.05) is 26.7 Å². The number of carboxylic acids is 1. The summed E-state index contributed by atoms with van der Waals surface area (Å²) in [4.78, 5) is 66.0. The quantitative estimate of drug-likeness (QED) is 0.201. The van der Waals surface area contributed by atoms with E-state index < -0.39 is 28.8 Å². The smallest absolute Gasteiger partial charge is 0.341 e. The molecule has 4 heterocycles. The highest BCUT2D eigenvalue weighted by Gasteiger charge is 2.42. The Kier molecular flexibility index (Phi) is 10.4. The van der Waals surface area contributed by atoms with Crippen molar-refractivity contribution in [1.82, 2.24) is 25.4 Å². The van der Waals surface area contributed by atoms with Gasteiger partial charge < -0.3 is 35.4 Å². The standard InChI is InChI=1S/C32H43FN6O6S/c1-4-18(3)27(35-26(40)9-7-6-8-25-28-22(17-46-25)34-32(45)36-28)30(42)39-12-10-38(11-13-39)24-15-23-19(14-21(24)33)29(41)20(31(43)44)16-37(23)5-2/h14-16,18,22,25,27-28H,4-13,17H2,1-3H3,(H,35,40)(H,43,44)(H2,34,36,45)/t18-,22-,25-,27-,28-/m0/s1. The van der Waals surface area contributed by atoms with Crippen LogP contribution in [0.4, 0.5) is 14.9 Å². The molecule has 2 aromatic rings. The Morgan fingerprint density at radius 2 is 1.85 bits per heavy atom. The molecule has 3 fully saturated rings. The number of rotatable bonds is 12. The van der Waals surface area contributed by atoms with Gasteiger partial charge in [0.25, 0.3) is 0 Å². The average molecular weight is 659 g/mol. The van der Waals surface area contributed by atoms with Crippen LogP contribution in [0, 0.1) is 11.7 Å². The monoisotopic (exact) mass is 658 g/mol. The van der Waals surface area contributed by atoms with E-state index in [0.717, 1.165) is 24.7 Å². The van der Waals surface area contributed by atoms with E-state index in [9.17, 15) is 29.1 Å². The van der Waals surface area contributed by atoms with Crippen LogP contribution in [0.5, 0.6) is 0 Å². The molecule has 3 saturated heterocycles. The normalized spacial score (nSPS) is 22.3. The van der Waals surface area contributed by atoms with Crippen molar-refractivity contribution in [3.05, 3.63) is 39.9 Å². The maximum atomic E-state index is 15.3. The van der Waals surface area contributed by atoms with E-state index >= 15 is 4.39 Å². The molecule has 3 aliphatic heterocycles. The molecule has 0 unspecified atom stereocenters. The van der Waals surface area contributed by atoms with Crippen molar-refractivity contribution in [2.75, 3.05) is 36.8 Å². The Hall–Kier alpha value is -3.81. The number of anilines is 1. The number of aromatic carboxylic acids is 1. The van der Waals surface area contributed by atoms with Crippen molar-refractivity contribution in [2.24, 2.45) is 5.92 Å². The highest BCUT2D eigenvalue weighted by molar-refractivity contribution is 8.00. The van der Waals surface area contributed by atoms with E-state index in [2.05, 4.69) is 16.0 Å². The minimum atomic E-state index is -1.36. The number of thioether (sulfide) groups is 1. The molecule has 14 heteroatoms. The fourth-order valence-corrected chi connectivity index (χ4v) is 8.17. The number of amides is 4. The third kappa shape index (κ3) is 6.96. The molecule has 46 heavy (non-hydrogen) atoms. The molecule has 4 amide bonds. The van der Waals surface area contributed by atoms with Crippen LogP contribution in [-0.2, 0) is 16.1 Å². The van der Waals surface area contributed by atoms with E-state index in [1.807, 2.05) is 37.4 Å². The van der Waals surface area contributed by atoms with Crippen LogP contribution in [0.3, 0.4) is 0 Å². The number of piperazine rings is 1. The predicted molar refractivity (Wildman–Crippen MR) is 175 cm³/mol. The SMILES string of the molecule is CC[C@H](C)[C@H](NC(=O)CCCC[C@@H]1SC[C@@H]2NC(=O)N[C@@H]21)C(=O)N1CCN(c2cc3c(cc2F)c(=O)c(C(=O)O)cn3CC)CC1. The van der Waals surface area contributed by atoms with Gasteiger partial charge >= 0.3 is 12.0 Å². The summed E-state index contributed by atoms with van der Waals surface area (Å²) < 4.78 is 17.0. The molecule has 0 saturated carbocycles. The van der Waals surface area contributed by atoms with E-state index in [1.54, 1.807) is 15.5 Å². The lowest BCUT2D eigenvalue weighted by atomic mass is 9.97. The molecule has 5 rings (SSSR count). The van der Waals surface area contributed by atoms with Gasteiger partial charge in [-0.05, 0) is 37.8 Å². The maximum Gasteiger partial charge on any atom is 0.341 e. The van der Waals surface area contributed by atoms with Gasteiger partial charge in [-0.3, -0.25) is 14.4 Å². The largest absolute Gasteiger partial charge is 0.477 e. The number of carboxylic acid groups (broad SMARTS) is 1. The second kappa shape index (κ2) is 14.3. The van der Waals surface area contributed by atoms with Crippen molar-refractivity contribution in [1.29, 1.82) is 0 Å². The van der Waals surface area contributed by atoms with E-state index in [4.69, 9.17) is 0 Å². The first-order valence-electron chi connectivity index (χ1n) is 16.1. The first-order valence-corrected chi connectivity index (χ1v) is 17.2. The number of carbonyl (C=O) groups is 4. The molecular weight excluding hydrogens is 615 g/mol. The Bertz CT molecular complexity index is 1560.